The summed E-state index contributed by atoms with van der Waals surface area (Å²) < 4.78 is 0. The molecule has 3 aromatic rings. The Hall–Kier alpha value is -2.64. The number of halogens is 1. The van der Waals surface area contributed by atoms with Crippen molar-refractivity contribution in [2.45, 2.75) is 17.9 Å². The van der Waals surface area contributed by atoms with Crippen LogP contribution in [0.15, 0.2) is 41.3 Å². The van der Waals surface area contributed by atoms with Gasteiger partial charge in [0.1, 0.15) is 0 Å². The Bertz CT molecular complexity index is 1130. The molecular weight excluding hydrogens is 396 g/mol. The van der Waals surface area contributed by atoms with Crippen molar-refractivity contribution >= 4 is 57.6 Å². The first-order valence-corrected chi connectivity index (χ1v) is 10.3. The van der Waals surface area contributed by atoms with Crippen LogP contribution < -0.4 is 10.6 Å². The lowest BCUT2D eigenvalue weighted by atomic mass is 10.0. The SMILES string of the molecule is O=C1CSc2ccc(NC(=O)N3CCc4[nH]c5ccc(Cl)cc5c4C3)cc2N1. The van der Waals surface area contributed by atoms with Crippen molar-refractivity contribution in [1.29, 1.82) is 0 Å². The summed E-state index contributed by atoms with van der Waals surface area (Å²) in [6.07, 6.45) is 0.770. The number of benzene rings is 2. The smallest absolute Gasteiger partial charge is 0.322 e. The van der Waals surface area contributed by atoms with Gasteiger partial charge in [0.25, 0.3) is 0 Å². The maximum atomic E-state index is 12.8. The van der Waals surface area contributed by atoms with Gasteiger partial charge < -0.3 is 20.5 Å². The molecule has 0 bridgehead atoms. The van der Waals surface area contributed by atoms with Crippen LogP contribution in [0.3, 0.4) is 0 Å². The van der Waals surface area contributed by atoms with Gasteiger partial charge in [0.2, 0.25) is 5.91 Å². The fraction of sp³-hybridized carbons (Fsp3) is 0.200. The van der Waals surface area contributed by atoms with E-state index in [0.717, 1.165) is 39.2 Å². The Morgan fingerprint density at radius 3 is 3.00 bits per heavy atom. The first-order valence-electron chi connectivity index (χ1n) is 8.98. The molecule has 2 aromatic carbocycles. The number of rotatable bonds is 1. The lowest BCUT2D eigenvalue weighted by Crippen LogP contribution is -2.38. The van der Waals surface area contributed by atoms with Gasteiger partial charge in [0, 0.05) is 57.3 Å². The summed E-state index contributed by atoms with van der Waals surface area (Å²) >= 11 is 7.65. The number of anilines is 2. The van der Waals surface area contributed by atoms with E-state index in [9.17, 15) is 9.59 Å². The molecule has 5 rings (SSSR count). The molecule has 8 heteroatoms. The van der Waals surface area contributed by atoms with E-state index in [4.69, 9.17) is 11.6 Å². The predicted octanol–water partition coefficient (Wildman–Crippen LogP) is 4.46. The third kappa shape index (κ3) is 3.10. The molecule has 0 radical (unpaired) electrons. The van der Waals surface area contributed by atoms with E-state index in [-0.39, 0.29) is 11.9 Å². The van der Waals surface area contributed by atoms with Gasteiger partial charge in [-0.25, -0.2) is 4.79 Å². The zero-order valence-corrected chi connectivity index (χ0v) is 16.4. The molecule has 1 aromatic heterocycles. The van der Waals surface area contributed by atoms with Crippen LogP contribution in [0.2, 0.25) is 5.02 Å². The largest absolute Gasteiger partial charge is 0.358 e. The average Bonchev–Trinajstić information content (AvgIpc) is 3.04. The zero-order chi connectivity index (χ0) is 19.3. The molecule has 3 N–H and O–H groups in total. The molecule has 0 saturated heterocycles. The van der Waals surface area contributed by atoms with Gasteiger partial charge >= 0.3 is 6.03 Å². The lowest BCUT2D eigenvalue weighted by molar-refractivity contribution is -0.113. The van der Waals surface area contributed by atoms with E-state index >= 15 is 0 Å². The molecule has 142 valence electrons. The highest BCUT2D eigenvalue weighted by Crippen LogP contribution is 2.34. The standard InChI is InChI=1S/C20H17ClN4O2S/c21-11-1-3-15-13(7-11)14-9-25(6-5-16(14)23-15)20(27)22-12-2-4-18-17(8-12)24-19(26)10-28-18/h1-4,7-8,23H,5-6,9-10H2,(H,22,27)(H,24,26). The maximum Gasteiger partial charge on any atom is 0.322 e. The fourth-order valence-corrected chi connectivity index (χ4v) is 4.68. The number of H-pyrrole nitrogens is 1. The molecule has 0 fully saturated rings. The van der Waals surface area contributed by atoms with Crippen molar-refractivity contribution in [3.8, 4) is 0 Å². The molecule has 3 heterocycles. The van der Waals surface area contributed by atoms with E-state index in [1.807, 2.05) is 30.3 Å². The number of fused-ring (bicyclic) bond motifs is 4. The molecule has 0 spiro atoms. The number of hydrogen-bond acceptors (Lipinski definition) is 3. The van der Waals surface area contributed by atoms with E-state index in [2.05, 4.69) is 15.6 Å². The summed E-state index contributed by atoms with van der Waals surface area (Å²) in [7, 11) is 0. The van der Waals surface area contributed by atoms with Crippen LogP contribution in [0.1, 0.15) is 11.3 Å². The molecule has 0 unspecified atom stereocenters. The molecule has 0 atom stereocenters. The Balaban J connectivity index is 1.36. The van der Waals surface area contributed by atoms with Gasteiger partial charge in [0.05, 0.1) is 11.4 Å². The van der Waals surface area contributed by atoms with Crippen LogP contribution >= 0.6 is 23.4 Å². The summed E-state index contributed by atoms with van der Waals surface area (Å²) in [4.78, 5) is 30.6. The number of urea groups is 1. The van der Waals surface area contributed by atoms with Crippen molar-refractivity contribution in [2.24, 2.45) is 0 Å². The maximum absolute atomic E-state index is 12.8. The van der Waals surface area contributed by atoms with Gasteiger partial charge in [-0.05, 0) is 36.4 Å². The number of amides is 3. The van der Waals surface area contributed by atoms with E-state index in [1.54, 1.807) is 11.0 Å². The van der Waals surface area contributed by atoms with E-state index in [1.165, 1.54) is 11.8 Å². The summed E-state index contributed by atoms with van der Waals surface area (Å²) in [5, 5.41) is 7.54. The van der Waals surface area contributed by atoms with Crippen LogP contribution in [0.4, 0.5) is 16.2 Å². The highest BCUT2D eigenvalue weighted by molar-refractivity contribution is 8.00. The van der Waals surface area contributed by atoms with Crippen LogP contribution in [-0.4, -0.2) is 34.1 Å². The van der Waals surface area contributed by atoms with Crippen LogP contribution in [0, 0.1) is 0 Å². The van der Waals surface area contributed by atoms with E-state index in [0.29, 0.717) is 29.6 Å². The van der Waals surface area contributed by atoms with Crippen molar-refractivity contribution in [2.75, 3.05) is 22.9 Å². The van der Waals surface area contributed by atoms with Crippen LogP contribution in [0.5, 0.6) is 0 Å². The summed E-state index contributed by atoms with van der Waals surface area (Å²) in [6.45, 7) is 1.16. The molecule has 0 aliphatic carbocycles. The Morgan fingerprint density at radius 2 is 2.11 bits per heavy atom. The van der Waals surface area contributed by atoms with Gasteiger partial charge in [-0.1, -0.05) is 11.6 Å². The monoisotopic (exact) mass is 412 g/mol. The number of nitrogens with one attached hydrogen (secondary N) is 3. The Morgan fingerprint density at radius 1 is 1.21 bits per heavy atom. The molecule has 2 aliphatic rings. The Kier molecular flexibility index (Phi) is 4.21. The van der Waals surface area contributed by atoms with Crippen molar-refractivity contribution in [3.05, 3.63) is 52.7 Å². The van der Waals surface area contributed by atoms with E-state index < -0.39 is 0 Å². The third-order valence-electron chi connectivity index (χ3n) is 5.09. The normalized spacial score (nSPS) is 15.8. The van der Waals surface area contributed by atoms with Gasteiger partial charge in [-0.3, -0.25) is 4.79 Å². The lowest BCUT2D eigenvalue weighted by Gasteiger charge is -2.27. The van der Waals surface area contributed by atoms with Gasteiger partial charge in [-0.2, -0.15) is 0 Å². The molecule has 3 amide bonds. The number of thioether (sulfide) groups is 1. The molecule has 28 heavy (non-hydrogen) atoms. The van der Waals surface area contributed by atoms with Gasteiger partial charge in [-0.15, -0.1) is 11.8 Å². The number of carbonyl (C=O) groups excluding carboxylic acids is 2. The van der Waals surface area contributed by atoms with Crippen molar-refractivity contribution in [1.82, 2.24) is 9.88 Å². The summed E-state index contributed by atoms with van der Waals surface area (Å²) in [6, 6.07) is 11.2. The zero-order valence-electron chi connectivity index (χ0n) is 14.8. The highest BCUT2D eigenvalue weighted by atomic mass is 35.5. The second-order valence-electron chi connectivity index (χ2n) is 6.92. The quantitative estimate of drug-likeness (QED) is 0.552. The molecule has 2 aliphatic heterocycles. The van der Waals surface area contributed by atoms with Crippen molar-refractivity contribution < 1.29 is 9.59 Å². The van der Waals surface area contributed by atoms with Crippen LogP contribution in [0.25, 0.3) is 10.9 Å². The number of aromatic nitrogens is 1. The first-order chi connectivity index (χ1) is 13.6. The van der Waals surface area contributed by atoms with Crippen LogP contribution in [-0.2, 0) is 17.8 Å². The fourth-order valence-electron chi connectivity index (χ4n) is 3.72. The second kappa shape index (κ2) is 6.76. The van der Waals surface area contributed by atoms with Gasteiger partial charge in [0.15, 0.2) is 0 Å². The highest BCUT2D eigenvalue weighted by Gasteiger charge is 2.24. The molecular formula is C20H17ClN4O2S. The number of hydrogen-bond donors (Lipinski definition) is 3. The minimum absolute atomic E-state index is 0.0254. The topological polar surface area (TPSA) is 77.2 Å². The number of carbonyl (C=O) groups is 2. The predicted molar refractivity (Wildman–Crippen MR) is 112 cm³/mol. The Labute approximate surface area is 170 Å². The first kappa shape index (κ1) is 17.5. The number of aromatic amines is 1. The molecule has 0 saturated carbocycles. The summed E-state index contributed by atoms with van der Waals surface area (Å²) in [5.41, 5.74) is 4.73. The minimum atomic E-state index is -0.156. The van der Waals surface area contributed by atoms with Crippen molar-refractivity contribution in [3.63, 3.8) is 0 Å². The third-order valence-corrected chi connectivity index (χ3v) is 6.40. The second-order valence-corrected chi connectivity index (χ2v) is 8.38. The summed E-state index contributed by atoms with van der Waals surface area (Å²) in [5.74, 6) is 0.395. The number of nitrogens with zero attached hydrogens (tertiary/aromatic N) is 1. The average molecular weight is 413 g/mol. The minimum Gasteiger partial charge on any atom is -0.358 e. The molecule has 6 nitrogen and oxygen atoms in total.